The molecule has 2 aromatic carbocycles. The third-order valence-corrected chi connectivity index (χ3v) is 6.67. The first-order valence-corrected chi connectivity index (χ1v) is 10.7. The molecule has 6 nitrogen and oxygen atoms in total. The number of amides is 1. The molecule has 0 spiro atoms. The first-order valence-electron chi connectivity index (χ1n) is 9.20. The molecular weight excluding hydrogens is 383 g/mol. The van der Waals surface area contributed by atoms with E-state index in [-0.39, 0.29) is 10.8 Å². The van der Waals surface area contributed by atoms with Crippen LogP contribution in [0.4, 0.5) is 15.8 Å². The highest BCUT2D eigenvalue weighted by molar-refractivity contribution is 7.92. The molecule has 1 N–H and O–H groups in total. The molecule has 1 atom stereocenters. The number of ether oxygens (including phenoxy) is 1. The zero-order valence-electron chi connectivity index (χ0n) is 15.4. The monoisotopic (exact) mass is 404 g/mol. The van der Waals surface area contributed by atoms with Crippen LogP contribution in [0.25, 0.3) is 0 Å². The van der Waals surface area contributed by atoms with E-state index in [9.17, 15) is 17.6 Å². The maximum Gasteiger partial charge on any atom is 0.262 e. The van der Waals surface area contributed by atoms with Crippen molar-refractivity contribution >= 4 is 27.3 Å². The Labute approximate surface area is 163 Å². The Hall–Kier alpha value is -2.45. The summed E-state index contributed by atoms with van der Waals surface area (Å²) in [4.78, 5) is 14.4. The summed E-state index contributed by atoms with van der Waals surface area (Å²) in [6.07, 6.45) is 1.88. The topological polar surface area (TPSA) is 75.7 Å². The SMILES string of the molecule is Cc1cc(F)ccc1S(=O)(=O)Nc1ccc2c(c1)N(C(=O)C1CCCO1)CC2. The average molecular weight is 404 g/mol. The molecular formula is C20H21FN2O4S. The van der Waals surface area contributed by atoms with E-state index in [2.05, 4.69) is 4.72 Å². The lowest BCUT2D eigenvalue weighted by Gasteiger charge is -2.21. The highest BCUT2D eigenvalue weighted by atomic mass is 32.2. The minimum absolute atomic E-state index is 0.0155. The van der Waals surface area contributed by atoms with Gasteiger partial charge in [-0.2, -0.15) is 0 Å². The number of anilines is 2. The smallest absolute Gasteiger partial charge is 0.262 e. The lowest BCUT2D eigenvalue weighted by molar-refractivity contribution is -0.127. The number of sulfonamides is 1. The van der Waals surface area contributed by atoms with Gasteiger partial charge in [-0.15, -0.1) is 0 Å². The van der Waals surface area contributed by atoms with Gasteiger partial charge in [-0.1, -0.05) is 6.07 Å². The van der Waals surface area contributed by atoms with Crippen LogP contribution in [0.5, 0.6) is 0 Å². The molecule has 1 unspecified atom stereocenters. The fourth-order valence-electron chi connectivity index (χ4n) is 3.74. The predicted octanol–water partition coefficient (Wildman–Crippen LogP) is 3.00. The van der Waals surface area contributed by atoms with E-state index in [0.717, 1.165) is 24.5 Å². The number of nitrogens with one attached hydrogen (secondary N) is 1. The second-order valence-electron chi connectivity index (χ2n) is 7.10. The Morgan fingerprint density at radius 3 is 2.79 bits per heavy atom. The van der Waals surface area contributed by atoms with Gasteiger partial charge in [0, 0.05) is 18.8 Å². The fourth-order valence-corrected chi connectivity index (χ4v) is 5.02. The van der Waals surface area contributed by atoms with Crippen LogP contribution in [-0.4, -0.2) is 33.6 Å². The molecule has 0 aliphatic carbocycles. The Bertz CT molecular complexity index is 1030. The van der Waals surface area contributed by atoms with Gasteiger partial charge in [0.25, 0.3) is 15.9 Å². The van der Waals surface area contributed by atoms with Crippen molar-refractivity contribution in [2.45, 2.75) is 37.2 Å². The lowest BCUT2D eigenvalue weighted by atomic mass is 10.1. The first kappa shape index (κ1) is 18.9. The van der Waals surface area contributed by atoms with Gasteiger partial charge in [0.2, 0.25) is 0 Å². The Morgan fingerprint density at radius 1 is 1.25 bits per heavy atom. The van der Waals surface area contributed by atoms with E-state index in [4.69, 9.17) is 4.74 Å². The first-order chi connectivity index (χ1) is 13.3. The molecule has 0 aromatic heterocycles. The molecule has 4 rings (SSSR count). The number of carbonyl (C=O) groups is 1. The Balaban J connectivity index is 1.60. The van der Waals surface area contributed by atoms with Crippen molar-refractivity contribution in [3.05, 3.63) is 53.3 Å². The quantitative estimate of drug-likeness (QED) is 0.850. The Morgan fingerprint density at radius 2 is 2.07 bits per heavy atom. The van der Waals surface area contributed by atoms with Crippen LogP contribution in [-0.2, 0) is 26.0 Å². The minimum atomic E-state index is -3.88. The summed E-state index contributed by atoms with van der Waals surface area (Å²) in [7, 11) is -3.88. The van der Waals surface area contributed by atoms with Crippen molar-refractivity contribution in [2.75, 3.05) is 22.8 Å². The molecule has 2 heterocycles. The van der Waals surface area contributed by atoms with Crippen LogP contribution >= 0.6 is 0 Å². The van der Waals surface area contributed by atoms with E-state index in [1.807, 2.05) is 6.07 Å². The summed E-state index contributed by atoms with van der Waals surface area (Å²) in [5.74, 6) is -0.567. The van der Waals surface area contributed by atoms with Crippen LogP contribution in [0, 0.1) is 12.7 Å². The number of halogens is 1. The summed E-state index contributed by atoms with van der Waals surface area (Å²) in [5, 5.41) is 0. The summed E-state index contributed by atoms with van der Waals surface area (Å²) >= 11 is 0. The molecule has 0 saturated carbocycles. The molecule has 148 valence electrons. The second-order valence-corrected chi connectivity index (χ2v) is 8.75. The molecule has 0 bridgehead atoms. The van der Waals surface area contributed by atoms with Crippen LogP contribution in [0.2, 0.25) is 0 Å². The summed E-state index contributed by atoms with van der Waals surface area (Å²) in [5.41, 5.74) is 2.38. The number of rotatable bonds is 4. The van der Waals surface area contributed by atoms with Crippen LogP contribution in [0.3, 0.4) is 0 Å². The van der Waals surface area contributed by atoms with Gasteiger partial charge in [0.05, 0.1) is 10.6 Å². The molecule has 1 fully saturated rings. The number of aryl methyl sites for hydroxylation is 1. The molecule has 2 aromatic rings. The molecule has 2 aliphatic heterocycles. The van der Waals surface area contributed by atoms with Gasteiger partial charge in [0.1, 0.15) is 11.9 Å². The summed E-state index contributed by atoms with van der Waals surface area (Å²) in [6, 6.07) is 8.72. The van der Waals surface area contributed by atoms with Crippen molar-refractivity contribution in [3.8, 4) is 0 Å². The van der Waals surface area contributed by atoms with Gasteiger partial charge in [-0.3, -0.25) is 9.52 Å². The molecule has 0 radical (unpaired) electrons. The van der Waals surface area contributed by atoms with Gasteiger partial charge < -0.3 is 9.64 Å². The number of carbonyl (C=O) groups excluding carboxylic acids is 1. The van der Waals surface area contributed by atoms with Crippen LogP contribution in [0.15, 0.2) is 41.3 Å². The fraction of sp³-hybridized carbons (Fsp3) is 0.350. The van der Waals surface area contributed by atoms with Gasteiger partial charge in [0.15, 0.2) is 0 Å². The molecule has 1 saturated heterocycles. The largest absolute Gasteiger partial charge is 0.368 e. The number of fused-ring (bicyclic) bond motifs is 1. The van der Waals surface area contributed by atoms with Crippen molar-refractivity contribution < 1.29 is 22.3 Å². The van der Waals surface area contributed by atoms with E-state index < -0.39 is 21.9 Å². The third-order valence-electron chi connectivity index (χ3n) is 5.13. The maximum atomic E-state index is 13.3. The number of nitrogens with zero attached hydrogens (tertiary/aromatic N) is 1. The highest BCUT2D eigenvalue weighted by Gasteiger charge is 2.33. The van der Waals surface area contributed by atoms with E-state index in [0.29, 0.717) is 36.5 Å². The lowest BCUT2D eigenvalue weighted by Crippen LogP contribution is -2.37. The van der Waals surface area contributed by atoms with Gasteiger partial charge in [-0.25, -0.2) is 12.8 Å². The number of hydrogen-bond donors (Lipinski definition) is 1. The minimum Gasteiger partial charge on any atom is -0.368 e. The normalized spacial score (nSPS) is 18.9. The number of benzene rings is 2. The van der Waals surface area contributed by atoms with Gasteiger partial charge >= 0.3 is 0 Å². The second kappa shape index (κ2) is 7.18. The zero-order chi connectivity index (χ0) is 19.9. The Kier molecular flexibility index (Phi) is 4.84. The number of hydrogen-bond acceptors (Lipinski definition) is 4. The third kappa shape index (κ3) is 3.49. The maximum absolute atomic E-state index is 13.3. The highest BCUT2D eigenvalue weighted by Crippen LogP contribution is 2.33. The predicted molar refractivity (Wildman–Crippen MR) is 103 cm³/mol. The molecule has 2 aliphatic rings. The van der Waals surface area contributed by atoms with Crippen LogP contribution in [0.1, 0.15) is 24.0 Å². The van der Waals surface area contributed by atoms with E-state index >= 15 is 0 Å². The standard InChI is InChI=1S/C20H21FN2O4S/c1-13-11-15(21)5-7-19(13)28(25,26)22-16-6-4-14-8-9-23(17(14)12-16)20(24)18-3-2-10-27-18/h4-7,11-12,18,22H,2-3,8-10H2,1H3. The molecule has 8 heteroatoms. The van der Waals surface area contributed by atoms with Gasteiger partial charge in [-0.05, 0) is 67.6 Å². The van der Waals surface area contributed by atoms with E-state index in [1.54, 1.807) is 24.0 Å². The zero-order valence-corrected chi connectivity index (χ0v) is 16.3. The average Bonchev–Trinajstić information content (AvgIpc) is 3.30. The summed E-state index contributed by atoms with van der Waals surface area (Å²) < 4.78 is 46.8. The van der Waals surface area contributed by atoms with Crippen LogP contribution < -0.4 is 9.62 Å². The van der Waals surface area contributed by atoms with Crippen molar-refractivity contribution in [1.82, 2.24) is 0 Å². The van der Waals surface area contributed by atoms with E-state index in [1.165, 1.54) is 12.1 Å². The van der Waals surface area contributed by atoms with Crippen molar-refractivity contribution in [1.29, 1.82) is 0 Å². The summed E-state index contributed by atoms with van der Waals surface area (Å²) in [6.45, 7) is 2.69. The molecule has 1 amide bonds. The van der Waals surface area contributed by atoms with Crippen molar-refractivity contribution in [3.63, 3.8) is 0 Å². The van der Waals surface area contributed by atoms with Crippen molar-refractivity contribution in [2.24, 2.45) is 0 Å². The molecule has 28 heavy (non-hydrogen) atoms.